The van der Waals surface area contributed by atoms with E-state index in [9.17, 15) is 17.6 Å². The van der Waals surface area contributed by atoms with Crippen molar-refractivity contribution in [3.63, 3.8) is 0 Å². The van der Waals surface area contributed by atoms with Crippen LogP contribution >= 0.6 is 0 Å². The first-order valence-corrected chi connectivity index (χ1v) is 11.2. The largest absolute Gasteiger partial charge is 0.491 e. The van der Waals surface area contributed by atoms with Crippen molar-refractivity contribution in [2.75, 3.05) is 25.0 Å². The summed E-state index contributed by atoms with van der Waals surface area (Å²) in [5, 5.41) is 2.78. The van der Waals surface area contributed by atoms with Gasteiger partial charge in [-0.1, -0.05) is 24.3 Å². The molecule has 0 fully saturated rings. The van der Waals surface area contributed by atoms with Gasteiger partial charge in [0.15, 0.2) is 0 Å². The molecule has 7 nitrogen and oxygen atoms in total. The molecule has 0 spiro atoms. The first-order valence-electron chi connectivity index (χ1n) is 9.75. The second-order valence-electron chi connectivity index (χ2n) is 6.78. The molecule has 2 N–H and O–H groups in total. The molecular weight excluding hydrogens is 435 g/mol. The molecule has 9 heteroatoms. The molecule has 0 aromatic heterocycles. The molecule has 1 amide bonds. The monoisotopic (exact) mass is 458 g/mol. The first-order chi connectivity index (χ1) is 15.4. The second-order valence-corrected chi connectivity index (χ2v) is 8.46. The Hall–Kier alpha value is -3.43. The lowest BCUT2D eigenvalue weighted by Crippen LogP contribution is -2.23. The summed E-state index contributed by atoms with van der Waals surface area (Å²) >= 11 is 0. The first kappa shape index (κ1) is 23.2. The summed E-state index contributed by atoms with van der Waals surface area (Å²) in [6.45, 7) is 1.17. The number of methoxy groups -OCH3 is 1. The molecule has 0 unspecified atom stereocenters. The van der Waals surface area contributed by atoms with Gasteiger partial charge >= 0.3 is 0 Å². The van der Waals surface area contributed by atoms with Crippen LogP contribution in [0.2, 0.25) is 0 Å². The Morgan fingerprint density at radius 3 is 2.44 bits per heavy atom. The normalized spacial score (nSPS) is 11.1. The number of anilines is 1. The molecule has 0 aliphatic carbocycles. The quantitative estimate of drug-likeness (QED) is 0.453. The molecule has 0 bridgehead atoms. The average molecular weight is 459 g/mol. The Balaban J connectivity index is 1.60. The van der Waals surface area contributed by atoms with E-state index in [0.29, 0.717) is 24.5 Å². The van der Waals surface area contributed by atoms with E-state index < -0.39 is 15.8 Å². The molecule has 32 heavy (non-hydrogen) atoms. The molecule has 168 valence electrons. The number of hydrogen-bond donors (Lipinski definition) is 2. The van der Waals surface area contributed by atoms with Gasteiger partial charge in [-0.3, -0.25) is 9.52 Å². The van der Waals surface area contributed by atoms with Crippen molar-refractivity contribution in [3.8, 4) is 5.75 Å². The van der Waals surface area contributed by atoms with Gasteiger partial charge in [-0.05, 0) is 54.1 Å². The van der Waals surface area contributed by atoms with E-state index in [1.165, 1.54) is 42.5 Å². The number of halogens is 1. The summed E-state index contributed by atoms with van der Waals surface area (Å²) in [4.78, 5) is 12.4. The van der Waals surface area contributed by atoms with Crippen LogP contribution in [0.25, 0.3) is 0 Å². The molecule has 0 saturated heterocycles. The van der Waals surface area contributed by atoms with Crippen molar-refractivity contribution in [2.45, 2.75) is 11.4 Å². The Morgan fingerprint density at radius 2 is 1.72 bits per heavy atom. The van der Waals surface area contributed by atoms with E-state index in [0.717, 1.165) is 11.6 Å². The van der Waals surface area contributed by atoms with Crippen LogP contribution in [0.5, 0.6) is 5.75 Å². The number of amides is 1. The minimum atomic E-state index is -3.99. The molecule has 3 aromatic rings. The SMILES string of the molecule is COCCOc1cccc(CNC(=O)c2ccc(S(=O)(=O)Nc3ccccc3F)cc2)c1. The van der Waals surface area contributed by atoms with Gasteiger partial charge in [0.2, 0.25) is 0 Å². The predicted octanol–water partition coefficient (Wildman–Crippen LogP) is 3.58. The van der Waals surface area contributed by atoms with Crippen molar-refractivity contribution in [1.29, 1.82) is 0 Å². The van der Waals surface area contributed by atoms with Crippen molar-refractivity contribution < 1.29 is 27.1 Å². The number of para-hydroxylation sites is 1. The van der Waals surface area contributed by atoms with Crippen molar-refractivity contribution in [3.05, 3.63) is 89.7 Å². The van der Waals surface area contributed by atoms with Gasteiger partial charge in [0.1, 0.15) is 18.2 Å². The highest BCUT2D eigenvalue weighted by Crippen LogP contribution is 2.19. The maximum Gasteiger partial charge on any atom is 0.261 e. The third-order valence-electron chi connectivity index (χ3n) is 4.45. The lowest BCUT2D eigenvalue weighted by atomic mass is 10.2. The van der Waals surface area contributed by atoms with Crippen LogP contribution < -0.4 is 14.8 Å². The van der Waals surface area contributed by atoms with Gasteiger partial charge in [0, 0.05) is 19.2 Å². The molecule has 0 saturated carbocycles. The zero-order valence-electron chi connectivity index (χ0n) is 17.4. The highest BCUT2D eigenvalue weighted by Gasteiger charge is 2.17. The number of nitrogens with one attached hydrogen (secondary N) is 2. The molecule has 0 heterocycles. The van der Waals surface area contributed by atoms with Gasteiger partial charge in [-0.25, -0.2) is 12.8 Å². The van der Waals surface area contributed by atoms with Crippen LogP contribution in [0.1, 0.15) is 15.9 Å². The maximum atomic E-state index is 13.7. The van der Waals surface area contributed by atoms with Crippen LogP contribution in [0.15, 0.2) is 77.7 Å². The van der Waals surface area contributed by atoms with Crippen molar-refractivity contribution >= 4 is 21.6 Å². The standard InChI is InChI=1S/C23H23FN2O5S/c1-30-13-14-31-19-6-4-5-17(15-19)16-25-23(27)18-9-11-20(12-10-18)32(28,29)26-22-8-3-2-7-21(22)24/h2-12,15,26H,13-14,16H2,1H3,(H,25,27). The van der Waals surface area contributed by atoms with Gasteiger partial charge < -0.3 is 14.8 Å². The summed E-state index contributed by atoms with van der Waals surface area (Å²) in [5.41, 5.74) is 0.992. The predicted molar refractivity (Wildman–Crippen MR) is 119 cm³/mol. The molecule has 0 atom stereocenters. The van der Waals surface area contributed by atoms with E-state index in [4.69, 9.17) is 9.47 Å². The fourth-order valence-corrected chi connectivity index (χ4v) is 3.87. The summed E-state index contributed by atoms with van der Waals surface area (Å²) < 4.78 is 51.4. The van der Waals surface area contributed by atoms with E-state index in [1.54, 1.807) is 7.11 Å². The van der Waals surface area contributed by atoms with Crippen LogP contribution in [0, 0.1) is 5.82 Å². The topological polar surface area (TPSA) is 93.7 Å². The number of ether oxygens (including phenoxy) is 2. The Kier molecular flexibility index (Phi) is 7.80. The number of carbonyl (C=O) groups is 1. The summed E-state index contributed by atoms with van der Waals surface area (Å²) in [6.07, 6.45) is 0. The number of benzene rings is 3. The zero-order valence-corrected chi connectivity index (χ0v) is 18.2. The summed E-state index contributed by atoms with van der Waals surface area (Å²) in [7, 11) is -2.40. The van der Waals surface area contributed by atoms with Crippen molar-refractivity contribution in [2.24, 2.45) is 0 Å². The van der Waals surface area contributed by atoms with Gasteiger partial charge in [0.05, 0.1) is 17.2 Å². The van der Waals surface area contributed by atoms with Crippen LogP contribution in [-0.2, 0) is 21.3 Å². The van der Waals surface area contributed by atoms with Crippen LogP contribution in [0.4, 0.5) is 10.1 Å². The van der Waals surface area contributed by atoms with Crippen molar-refractivity contribution in [1.82, 2.24) is 5.32 Å². The Morgan fingerprint density at radius 1 is 0.969 bits per heavy atom. The Labute approximate surface area is 186 Å². The van der Waals surface area contributed by atoms with E-state index in [2.05, 4.69) is 10.0 Å². The molecular formula is C23H23FN2O5S. The lowest BCUT2D eigenvalue weighted by Gasteiger charge is -2.10. The smallest absolute Gasteiger partial charge is 0.261 e. The number of rotatable bonds is 10. The van der Waals surface area contributed by atoms with E-state index in [1.807, 2.05) is 24.3 Å². The summed E-state index contributed by atoms with van der Waals surface area (Å²) in [5.74, 6) is -0.368. The highest BCUT2D eigenvalue weighted by atomic mass is 32.2. The zero-order chi connectivity index (χ0) is 23.0. The fraction of sp³-hybridized carbons (Fsp3) is 0.174. The van der Waals surface area contributed by atoms with Crippen LogP contribution in [-0.4, -0.2) is 34.6 Å². The molecule has 3 aromatic carbocycles. The number of sulfonamides is 1. The summed E-state index contributed by atoms with van der Waals surface area (Å²) in [6, 6.07) is 18.2. The molecule has 0 radical (unpaired) electrons. The Bertz CT molecular complexity index is 1170. The lowest BCUT2D eigenvalue weighted by molar-refractivity contribution is 0.0950. The van der Waals surface area contributed by atoms with E-state index >= 15 is 0 Å². The minimum absolute atomic E-state index is 0.0850. The average Bonchev–Trinajstić information content (AvgIpc) is 2.79. The fourth-order valence-electron chi connectivity index (χ4n) is 2.81. The maximum absolute atomic E-state index is 13.7. The molecule has 3 rings (SSSR count). The van der Waals surface area contributed by atoms with E-state index in [-0.39, 0.29) is 23.0 Å². The third-order valence-corrected chi connectivity index (χ3v) is 5.83. The molecule has 0 aliphatic rings. The minimum Gasteiger partial charge on any atom is -0.491 e. The number of carbonyl (C=O) groups excluding carboxylic acids is 1. The molecule has 0 aliphatic heterocycles. The second kappa shape index (κ2) is 10.7. The van der Waals surface area contributed by atoms with Crippen LogP contribution in [0.3, 0.4) is 0 Å². The third kappa shape index (κ3) is 6.29. The highest BCUT2D eigenvalue weighted by molar-refractivity contribution is 7.92. The van der Waals surface area contributed by atoms with Gasteiger partial charge in [0.25, 0.3) is 15.9 Å². The van der Waals surface area contributed by atoms with Gasteiger partial charge in [-0.2, -0.15) is 0 Å². The van der Waals surface area contributed by atoms with Gasteiger partial charge in [-0.15, -0.1) is 0 Å². The number of hydrogen-bond acceptors (Lipinski definition) is 5.